The number of aromatic nitrogens is 2. The lowest BCUT2D eigenvalue weighted by Gasteiger charge is -2.13. The Kier molecular flexibility index (Phi) is 5.78. The minimum atomic E-state index is -0.157. The zero-order valence-electron chi connectivity index (χ0n) is 14.8. The second kappa shape index (κ2) is 8.23. The highest BCUT2D eigenvalue weighted by Gasteiger charge is 2.15. The maximum absolute atomic E-state index is 13.0. The third-order valence-corrected chi connectivity index (χ3v) is 4.74. The van der Waals surface area contributed by atoms with Gasteiger partial charge >= 0.3 is 0 Å². The Morgan fingerprint density at radius 3 is 2.73 bits per heavy atom. The average molecular weight is 410 g/mol. The number of hydrogen-bond acceptors (Lipinski definition) is 3. The summed E-state index contributed by atoms with van der Waals surface area (Å²) in [5.41, 5.74) is 1.62. The van der Waals surface area contributed by atoms with Gasteiger partial charge in [0.25, 0.3) is 5.56 Å². The molecule has 0 saturated carbocycles. The predicted molar refractivity (Wildman–Crippen MR) is 112 cm³/mol. The van der Waals surface area contributed by atoms with Crippen molar-refractivity contribution >= 4 is 39.1 Å². The van der Waals surface area contributed by atoms with Gasteiger partial charge in [-0.25, -0.2) is 4.98 Å². The van der Waals surface area contributed by atoms with Gasteiger partial charge in [-0.2, -0.15) is 9.78 Å². The van der Waals surface area contributed by atoms with Crippen molar-refractivity contribution < 1.29 is 0 Å². The van der Waals surface area contributed by atoms with Crippen molar-refractivity contribution in [2.24, 2.45) is 5.10 Å². The predicted octanol–water partition coefficient (Wildman–Crippen LogP) is 5.22. The molecule has 2 aromatic carbocycles. The number of allylic oxidation sites excluding steroid dienone is 1. The first-order chi connectivity index (χ1) is 12.6. The molecule has 3 rings (SSSR count). The van der Waals surface area contributed by atoms with Gasteiger partial charge in [-0.1, -0.05) is 66.2 Å². The Balaban J connectivity index is 2.05. The van der Waals surface area contributed by atoms with Crippen molar-refractivity contribution in [2.45, 2.75) is 26.2 Å². The molecule has 0 aliphatic rings. The summed E-state index contributed by atoms with van der Waals surface area (Å²) in [5.74, 6) is 0.808. The van der Waals surface area contributed by atoms with Crippen LogP contribution in [0.25, 0.3) is 17.0 Å². The van der Waals surface area contributed by atoms with Crippen molar-refractivity contribution in [3.8, 4) is 0 Å². The van der Waals surface area contributed by atoms with Crippen LogP contribution in [0.4, 0.5) is 0 Å². The van der Waals surface area contributed by atoms with Crippen LogP contribution >= 0.6 is 15.9 Å². The van der Waals surface area contributed by atoms with E-state index in [1.807, 2.05) is 54.6 Å². The van der Waals surface area contributed by atoms with E-state index in [0.717, 1.165) is 16.5 Å². The van der Waals surface area contributed by atoms with Crippen LogP contribution in [0.15, 0.2) is 69.0 Å². The van der Waals surface area contributed by atoms with Crippen LogP contribution in [0.2, 0.25) is 0 Å². The lowest BCUT2D eigenvalue weighted by Crippen LogP contribution is -2.23. The summed E-state index contributed by atoms with van der Waals surface area (Å²) in [5, 5.41) is 4.94. The Morgan fingerprint density at radius 2 is 2.00 bits per heavy atom. The van der Waals surface area contributed by atoms with Crippen LogP contribution < -0.4 is 5.56 Å². The van der Waals surface area contributed by atoms with Gasteiger partial charge in [0.2, 0.25) is 0 Å². The number of nitrogens with zero attached hydrogens (tertiary/aromatic N) is 3. The quantitative estimate of drug-likeness (QED) is 0.542. The van der Waals surface area contributed by atoms with E-state index >= 15 is 0 Å². The van der Waals surface area contributed by atoms with Gasteiger partial charge in [0.05, 0.1) is 10.9 Å². The zero-order chi connectivity index (χ0) is 18.5. The monoisotopic (exact) mass is 409 g/mol. The van der Waals surface area contributed by atoms with E-state index in [0.29, 0.717) is 16.7 Å². The molecule has 0 saturated heterocycles. The first-order valence-corrected chi connectivity index (χ1v) is 9.37. The molecule has 1 heterocycles. The van der Waals surface area contributed by atoms with Gasteiger partial charge < -0.3 is 0 Å². The fourth-order valence-electron chi connectivity index (χ4n) is 2.60. The maximum atomic E-state index is 13.0. The molecule has 0 aliphatic carbocycles. The molecule has 0 fully saturated rings. The topological polar surface area (TPSA) is 47.2 Å². The van der Waals surface area contributed by atoms with Crippen LogP contribution in [0.5, 0.6) is 0 Å². The van der Waals surface area contributed by atoms with Crippen molar-refractivity contribution in [1.82, 2.24) is 9.66 Å². The summed E-state index contributed by atoms with van der Waals surface area (Å²) in [4.78, 5) is 17.6. The highest BCUT2D eigenvalue weighted by molar-refractivity contribution is 9.10. The van der Waals surface area contributed by atoms with E-state index in [-0.39, 0.29) is 11.5 Å². The highest BCUT2D eigenvalue weighted by Crippen LogP contribution is 2.20. The molecule has 1 atom stereocenters. The summed E-state index contributed by atoms with van der Waals surface area (Å²) >= 11 is 3.42. The molecule has 132 valence electrons. The summed E-state index contributed by atoms with van der Waals surface area (Å²) in [6.07, 6.45) is 6.28. The van der Waals surface area contributed by atoms with Crippen molar-refractivity contribution in [1.29, 1.82) is 0 Å². The largest absolute Gasteiger partial charge is 0.282 e. The molecule has 0 bridgehead atoms. The fourth-order valence-corrected chi connectivity index (χ4v) is 2.96. The van der Waals surface area contributed by atoms with E-state index in [9.17, 15) is 4.79 Å². The van der Waals surface area contributed by atoms with Gasteiger partial charge in [0.1, 0.15) is 5.82 Å². The molecular weight excluding hydrogens is 390 g/mol. The molecular formula is C21H20BrN3O. The van der Waals surface area contributed by atoms with Gasteiger partial charge in [0.15, 0.2) is 0 Å². The van der Waals surface area contributed by atoms with E-state index < -0.39 is 0 Å². The number of halogens is 1. The Labute approximate surface area is 161 Å². The second-order valence-electron chi connectivity index (χ2n) is 6.09. The first kappa shape index (κ1) is 18.3. The summed E-state index contributed by atoms with van der Waals surface area (Å²) < 4.78 is 2.26. The Hall–Kier alpha value is -2.53. The van der Waals surface area contributed by atoms with Gasteiger partial charge in [-0.3, -0.25) is 4.79 Å². The maximum Gasteiger partial charge on any atom is 0.282 e. The summed E-state index contributed by atoms with van der Waals surface area (Å²) in [6.45, 7) is 4.13. The third-order valence-electron chi connectivity index (χ3n) is 4.24. The minimum absolute atomic E-state index is 0.131. The van der Waals surface area contributed by atoms with Crippen LogP contribution in [0.3, 0.4) is 0 Å². The normalized spacial score (nSPS) is 13.0. The molecule has 0 N–H and O–H groups in total. The van der Waals surface area contributed by atoms with Crippen molar-refractivity contribution in [3.63, 3.8) is 0 Å². The molecule has 0 aliphatic heterocycles. The Bertz CT molecular complexity index is 1020. The molecule has 0 radical (unpaired) electrons. The third kappa shape index (κ3) is 3.99. The smallest absolute Gasteiger partial charge is 0.267 e. The molecule has 4 nitrogen and oxygen atoms in total. The lowest BCUT2D eigenvalue weighted by molar-refractivity contribution is 0.613. The molecule has 0 amide bonds. The molecule has 5 heteroatoms. The summed E-state index contributed by atoms with van der Waals surface area (Å²) in [7, 11) is 0. The van der Waals surface area contributed by atoms with Crippen LogP contribution in [-0.2, 0) is 0 Å². The van der Waals surface area contributed by atoms with Crippen LogP contribution in [-0.4, -0.2) is 15.9 Å². The van der Waals surface area contributed by atoms with Gasteiger partial charge in [-0.05, 0) is 36.3 Å². The lowest BCUT2D eigenvalue weighted by atomic mass is 10.1. The minimum Gasteiger partial charge on any atom is -0.267 e. The highest BCUT2D eigenvalue weighted by atomic mass is 79.9. The van der Waals surface area contributed by atoms with Crippen LogP contribution in [0, 0.1) is 0 Å². The van der Waals surface area contributed by atoms with E-state index in [1.54, 1.807) is 12.3 Å². The van der Waals surface area contributed by atoms with E-state index in [2.05, 4.69) is 39.9 Å². The second-order valence-corrected chi connectivity index (χ2v) is 7.01. The molecule has 26 heavy (non-hydrogen) atoms. The van der Waals surface area contributed by atoms with Crippen molar-refractivity contribution in [3.05, 3.63) is 80.8 Å². The molecule has 3 aromatic rings. The molecule has 0 spiro atoms. The zero-order valence-corrected chi connectivity index (χ0v) is 16.3. The SMILES string of the molecule is CC[C@H](C)c1nc2ccc(Br)cc2c(=O)n1N=C/C=C/c1ccccc1. The fraction of sp³-hybridized carbons (Fsp3) is 0.190. The summed E-state index contributed by atoms with van der Waals surface area (Å²) in [6, 6.07) is 15.5. The number of hydrogen-bond donors (Lipinski definition) is 0. The number of rotatable bonds is 5. The van der Waals surface area contributed by atoms with Crippen LogP contribution in [0.1, 0.15) is 37.6 Å². The Morgan fingerprint density at radius 1 is 1.23 bits per heavy atom. The first-order valence-electron chi connectivity index (χ1n) is 8.58. The average Bonchev–Trinajstić information content (AvgIpc) is 2.67. The molecule has 0 unspecified atom stereocenters. The van der Waals surface area contributed by atoms with Gasteiger partial charge in [0, 0.05) is 16.6 Å². The number of fused-ring (bicyclic) bond motifs is 1. The molecule has 1 aromatic heterocycles. The van der Waals surface area contributed by atoms with Gasteiger partial charge in [-0.15, -0.1) is 0 Å². The van der Waals surface area contributed by atoms with Crippen molar-refractivity contribution in [2.75, 3.05) is 0 Å². The standard InChI is InChI=1S/C21H20BrN3O/c1-3-15(2)20-24-19-12-11-17(22)14-18(19)21(26)25(20)23-13-7-10-16-8-5-4-6-9-16/h4-15H,3H2,1-2H3/b10-7+,23-13?/t15-/m0/s1. The van der Waals surface area contributed by atoms with E-state index in [4.69, 9.17) is 0 Å². The number of benzene rings is 2. The van der Waals surface area contributed by atoms with E-state index in [1.165, 1.54) is 4.68 Å².